The van der Waals surface area contributed by atoms with Gasteiger partial charge in [0.1, 0.15) is 18.0 Å². The topological polar surface area (TPSA) is 144 Å². The fourth-order valence-corrected chi connectivity index (χ4v) is 5.54. The molecule has 3 aromatic heterocycles. The molecule has 248 valence electrons. The highest BCUT2D eigenvalue weighted by Gasteiger charge is 2.18. The summed E-state index contributed by atoms with van der Waals surface area (Å²) in [5.41, 5.74) is 4.53. The average molecular weight is 643 g/mol. The van der Waals surface area contributed by atoms with Crippen LogP contribution in [-0.4, -0.2) is 113 Å². The molecule has 5 heterocycles. The van der Waals surface area contributed by atoms with Gasteiger partial charge in [-0.2, -0.15) is 9.78 Å². The van der Waals surface area contributed by atoms with Gasteiger partial charge in [0.15, 0.2) is 5.82 Å². The molecule has 14 nitrogen and oxygen atoms in total. The molecule has 1 aromatic carbocycles. The molecule has 2 aliphatic heterocycles. The van der Waals surface area contributed by atoms with Gasteiger partial charge in [-0.3, -0.25) is 14.6 Å². The number of amides is 1. The molecule has 2 fully saturated rings. The summed E-state index contributed by atoms with van der Waals surface area (Å²) in [7, 11) is 1.53. The first kappa shape index (κ1) is 32.3. The second kappa shape index (κ2) is 15.3. The van der Waals surface area contributed by atoms with Crippen LogP contribution in [0, 0.1) is 13.8 Å². The molecule has 0 atom stereocenters. The molecule has 2 saturated heterocycles. The maximum Gasteiger partial charge on any atom is 0.255 e. The minimum atomic E-state index is -0.254. The van der Waals surface area contributed by atoms with E-state index in [1.54, 1.807) is 23.1 Å². The third kappa shape index (κ3) is 8.60. The maximum absolute atomic E-state index is 13.1. The summed E-state index contributed by atoms with van der Waals surface area (Å²) in [5.74, 6) is 2.24. The number of benzene rings is 1. The molecule has 14 heteroatoms. The van der Waals surface area contributed by atoms with Crippen molar-refractivity contribution in [3.63, 3.8) is 0 Å². The monoisotopic (exact) mass is 642 g/mol. The van der Waals surface area contributed by atoms with Crippen LogP contribution >= 0.6 is 0 Å². The number of nitrogens with zero attached hydrogens (tertiary/aromatic N) is 7. The number of carbonyl (C=O) groups is 1. The third-order valence-corrected chi connectivity index (χ3v) is 8.12. The molecule has 4 aromatic rings. The number of pyridine rings is 1. The first-order chi connectivity index (χ1) is 22.9. The van der Waals surface area contributed by atoms with Crippen LogP contribution in [0.5, 0.6) is 5.88 Å². The second-order valence-corrected chi connectivity index (χ2v) is 11.6. The number of anilines is 4. The van der Waals surface area contributed by atoms with Crippen LogP contribution in [0.1, 0.15) is 27.3 Å². The van der Waals surface area contributed by atoms with Crippen molar-refractivity contribution in [1.82, 2.24) is 34.5 Å². The number of morpholine rings is 2. The van der Waals surface area contributed by atoms with Crippen LogP contribution in [0.15, 0.2) is 48.8 Å². The fraction of sp³-hybridized carbons (Fsp3) is 0.424. The highest BCUT2D eigenvalue weighted by Crippen LogP contribution is 2.28. The van der Waals surface area contributed by atoms with Crippen molar-refractivity contribution < 1.29 is 19.0 Å². The van der Waals surface area contributed by atoms with E-state index >= 15 is 0 Å². The Morgan fingerprint density at radius 2 is 1.70 bits per heavy atom. The van der Waals surface area contributed by atoms with Crippen molar-refractivity contribution in [2.45, 2.75) is 20.4 Å². The van der Waals surface area contributed by atoms with E-state index in [0.29, 0.717) is 48.4 Å². The quantitative estimate of drug-likeness (QED) is 0.209. The number of aromatic nitrogens is 5. The molecule has 0 unspecified atom stereocenters. The number of carbonyl (C=O) groups excluding carboxylic acids is 1. The van der Waals surface area contributed by atoms with E-state index in [9.17, 15) is 4.79 Å². The number of rotatable bonds is 12. The van der Waals surface area contributed by atoms with Crippen LogP contribution in [0.2, 0.25) is 0 Å². The molecule has 0 radical (unpaired) electrons. The molecular formula is C33H42N10O4. The van der Waals surface area contributed by atoms with Crippen molar-refractivity contribution in [1.29, 1.82) is 0 Å². The lowest BCUT2D eigenvalue weighted by Crippen LogP contribution is -2.39. The number of nitrogens with one attached hydrogen (secondary N) is 3. The zero-order valence-corrected chi connectivity index (χ0v) is 27.2. The highest BCUT2D eigenvalue weighted by atomic mass is 16.5. The Morgan fingerprint density at radius 1 is 0.936 bits per heavy atom. The van der Waals surface area contributed by atoms with Crippen molar-refractivity contribution in [2.75, 3.05) is 88.8 Å². The van der Waals surface area contributed by atoms with Gasteiger partial charge in [0.05, 0.1) is 39.2 Å². The van der Waals surface area contributed by atoms with Crippen LogP contribution < -0.4 is 20.7 Å². The molecular weight excluding hydrogens is 600 g/mol. The predicted molar refractivity (Wildman–Crippen MR) is 179 cm³/mol. The Labute approximate surface area is 274 Å². The molecule has 47 heavy (non-hydrogen) atoms. The van der Waals surface area contributed by atoms with Gasteiger partial charge in [0.25, 0.3) is 5.91 Å². The Bertz CT molecular complexity index is 1670. The standard InChI is InChI=1S/C33H42N10O4/c1-23-4-5-26(38-33(44)25-16-24(2)37-32(17-25)45-3)18-28(23)39-31-19-27(21-42-10-14-47-15-11-42)40-43(31)30-20-29(35-22-36-30)34-6-7-41-8-12-46-13-9-41/h4-5,16-20,22,39H,6-15,21H2,1-3H3,(H,38,44)(H,34,35,36). The minimum absolute atomic E-state index is 0.254. The smallest absolute Gasteiger partial charge is 0.255 e. The first-order valence-electron chi connectivity index (χ1n) is 15.9. The number of ether oxygens (including phenoxy) is 3. The Balaban J connectivity index is 1.23. The lowest BCUT2D eigenvalue weighted by Gasteiger charge is -2.26. The van der Waals surface area contributed by atoms with Crippen LogP contribution in [0.25, 0.3) is 5.82 Å². The Morgan fingerprint density at radius 3 is 2.47 bits per heavy atom. The fourth-order valence-electron chi connectivity index (χ4n) is 5.54. The molecule has 0 spiro atoms. The average Bonchev–Trinajstić information content (AvgIpc) is 3.48. The minimum Gasteiger partial charge on any atom is -0.481 e. The highest BCUT2D eigenvalue weighted by molar-refractivity contribution is 6.04. The molecule has 0 saturated carbocycles. The van der Waals surface area contributed by atoms with Crippen LogP contribution in [-0.2, 0) is 16.0 Å². The third-order valence-electron chi connectivity index (χ3n) is 8.12. The Kier molecular flexibility index (Phi) is 10.5. The summed E-state index contributed by atoms with van der Waals surface area (Å²) < 4.78 is 18.1. The lowest BCUT2D eigenvalue weighted by molar-refractivity contribution is 0.0336. The van der Waals surface area contributed by atoms with E-state index in [4.69, 9.17) is 19.3 Å². The van der Waals surface area contributed by atoms with Gasteiger partial charge in [0.2, 0.25) is 5.88 Å². The molecule has 1 amide bonds. The molecule has 0 aliphatic carbocycles. The zero-order chi connectivity index (χ0) is 32.6. The van der Waals surface area contributed by atoms with Gasteiger partial charge in [-0.1, -0.05) is 6.07 Å². The molecule has 3 N–H and O–H groups in total. The summed E-state index contributed by atoms with van der Waals surface area (Å²) in [6.45, 7) is 12.7. The number of aryl methyl sites for hydroxylation is 2. The van der Waals surface area contributed by atoms with E-state index < -0.39 is 0 Å². The van der Waals surface area contributed by atoms with Gasteiger partial charge in [0, 0.05) is 86.6 Å². The number of hydrogen-bond donors (Lipinski definition) is 3. The van der Waals surface area contributed by atoms with E-state index in [1.165, 1.54) is 7.11 Å². The largest absolute Gasteiger partial charge is 0.481 e. The molecule has 2 aliphatic rings. The normalized spacial score (nSPS) is 15.7. The van der Waals surface area contributed by atoms with E-state index in [2.05, 4.69) is 40.7 Å². The van der Waals surface area contributed by atoms with Crippen molar-refractivity contribution in [3.05, 3.63) is 71.3 Å². The SMILES string of the molecule is COc1cc(C(=O)Nc2ccc(C)c(Nc3cc(CN4CCOCC4)nn3-c3cc(NCCN4CCOCC4)ncn3)c2)cc(C)n1. The van der Waals surface area contributed by atoms with Gasteiger partial charge < -0.3 is 30.2 Å². The summed E-state index contributed by atoms with van der Waals surface area (Å²) in [4.78, 5) is 31.2. The van der Waals surface area contributed by atoms with E-state index in [0.717, 1.165) is 81.1 Å². The first-order valence-corrected chi connectivity index (χ1v) is 15.9. The van der Waals surface area contributed by atoms with Crippen molar-refractivity contribution >= 4 is 28.9 Å². The van der Waals surface area contributed by atoms with Crippen molar-refractivity contribution in [3.8, 4) is 11.7 Å². The van der Waals surface area contributed by atoms with Gasteiger partial charge >= 0.3 is 0 Å². The van der Waals surface area contributed by atoms with Gasteiger partial charge in [-0.25, -0.2) is 15.0 Å². The summed E-state index contributed by atoms with van der Waals surface area (Å²) >= 11 is 0. The predicted octanol–water partition coefficient (Wildman–Crippen LogP) is 3.25. The van der Waals surface area contributed by atoms with Crippen LogP contribution in [0.4, 0.5) is 23.0 Å². The van der Waals surface area contributed by atoms with Crippen LogP contribution in [0.3, 0.4) is 0 Å². The Hall–Kier alpha value is -4.63. The summed E-state index contributed by atoms with van der Waals surface area (Å²) in [6, 6.07) is 13.1. The van der Waals surface area contributed by atoms with Crippen molar-refractivity contribution in [2.24, 2.45) is 0 Å². The van der Waals surface area contributed by atoms with E-state index in [1.807, 2.05) is 44.2 Å². The van der Waals surface area contributed by atoms with Gasteiger partial charge in [-0.05, 0) is 37.6 Å². The molecule has 0 bridgehead atoms. The summed E-state index contributed by atoms with van der Waals surface area (Å²) in [5, 5.41) is 15.0. The maximum atomic E-state index is 13.1. The summed E-state index contributed by atoms with van der Waals surface area (Å²) in [6.07, 6.45) is 1.55. The number of hydrogen-bond acceptors (Lipinski definition) is 12. The lowest BCUT2D eigenvalue weighted by atomic mass is 10.1. The second-order valence-electron chi connectivity index (χ2n) is 11.6. The van der Waals surface area contributed by atoms with Gasteiger partial charge in [-0.15, -0.1) is 0 Å². The van der Waals surface area contributed by atoms with E-state index in [-0.39, 0.29) is 5.91 Å². The number of methoxy groups -OCH3 is 1. The molecule has 6 rings (SSSR count). The zero-order valence-electron chi connectivity index (χ0n) is 27.2.